The lowest BCUT2D eigenvalue weighted by Crippen LogP contribution is -2.20. The van der Waals surface area contributed by atoms with Crippen LogP contribution in [0.1, 0.15) is 58.2 Å². The summed E-state index contributed by atoms with van der Waals surface area (Å²) in [5.74, 6) is 1.14. The van der Waals surface area contributed by atoms with E-state index in [1.807, 2.05) is 0 Å². The first-order chi connectivity index (χ1) is 8.88. The van der Waals surface area contributed by atoms with Gasteiger partial charge in [-0.2, -0.15) is 11.8 Å². The summed E-state index contributed by atoms with van der Waals surface area (Å²) in [6, 6.07) is 9.55. The Balaban J connectivity index is 2.71. The van der Waals surface area contributed by atoms with Crippen LogP contribution in [0.3, 0.4) is 0 Å². The fraction of sp³-hybridized carbons (Fsp3) is 0.647. The largest absolute Gasteiger partial charge is 0.312 e. The fourth-order valence-corrected chi connectivity index (χ4v) is 3.06. The lowest BCUT2D eigenvalue weighted by molar-refractivity contribution is 0.588. The summed E-state index contributed by atoms with van der Waals surface area (Å²) in [4.78, 5) is 0. The van der Waals surface area contributed by atoms with Crippen LogP contribution in [0.4, 0.5) is 0 Å². The minimum atomic E-state index is 0.235. The molecule has 19 heavy (non-hydrogen) atoms. The van der Waals surface area contributed by atoms with Crippen LogP contribution in [0.2, 0.25) is 0 Å². The molecule has 0 aliphatic heterocycles. The maximum Gasteiger partial charge on any atom is 0.0409 e. The van der Waals surface area contributed by atoms with Crippen molar-refractivity contribution >= 4 is 11.8 Å². The van der Waals surface area contributed by atoms with Crippen LogP contribution in [0.25, 0.3) is 0 Å². The van der Waals surface area contributed by atoms with Crippen molar-refractivity contribution in [1.29, 1.82) is 0 Å². The number of hydrogen-bond donors (Lipinski definition) is 1. The molecule has 1 aromatic carbocycles. The first kappa shape index (κ1) is 16.6. The second-order valence-electron chi connectivity index (χ2n) is 6.27. The Morgan fingerprint density at radius 3 is 2.16 bits per heavy atom. The van der Waals surface area contributed by atoms with Crippen molar-refractivity contribution in [1.82, 2.24) is 5.32 Å². The van der Waals surface area contributed by atoms with E-state index < -0.39 is 0 Å². The van der Waals surface area contributed by atoms with E-state index in [9.17, 15) is 0 Å². The van der Waals surface area contributed by atoms with Crippen molar-refractivity contribution in [2.24, 2.45) is 0 Å². The molecule has 1 N–H and O–H groups in total. The predicted molar refractivity (Wildman–Crippen MR) is 89.2 cm³/mol. The van der Waals surface area contributed by atoms with Gasteiger partial charge in [0.2, 0.25) is 0 Å². The molecule has 2 heteroatoms. The van der Waals surface area contributed by atoms with E-state index in [-0.39, 0.29) is 5.41 Å². The maximum atomic E-state index is 3.44. The van der Waals surface area contributed by atoms with Crippen LogP contribution in [-0.4, -0.2) is 18.1 Å². The van der Waals surface area contributed by atoms with Gasteiger partial charge in [0.25, 0.3) is 0 Å². The molecular weight excluding hydrogens is 250 g/mol. The van der Waals surface area contributed by atoms with Gasteiger partial charge in [0.05, 0.1) is 0 Å². The molecule has 1 nitrogen and oxygen atoms in total. The van der Waals surface area contributed by atoms with E-state index in [1.54, 1.807) is 0 Å². The Kier molecular flexibility index (Phi) is 6.41. The van der Waals surface area contributed by atoms with Gasteiger partial charge in [0.1, 0.15) is 0 Å². The van der Waals surface area contributed by atoms with E-state index in [4.69, 9.17) is 0 Å². The first-order valence-electron chi connectivity index (χ1n) is 7.27. The molecule has 1 rings (SSSR count). The zero-order valence-electron chi connectivity index (χ0n) is 13.3. The SMILES string of the molecule is CCC(C)SCC(NC)c1ccc(C(C)(C)C)cc1. The average Bonchev–Trinajstić information content (AvgIpc) is 2.38. The Morgan fingerprint density at radius 1 is 1.16 bits per heavy atom. The third-order valence-electron chi connectivity index (χ3n) is 3.65. The molecule has 0 heterocycles. The highest BCUT2D eigenvalue weighted by Crippen LogP contribution is 2.26. The Morgan fingerprint density at radius 2 is 1.74 bits per heavy atom. The van der Waals surface area contributed by atoms with Gasteiger partial charge in [-0.25, -0.2) is 0 Å². The molecule has 0 spiro atoms. The third kappa shape index (κ3) is 5.19. The molecule has 0 aromatic heterocycles. The van der Waals surface area contributed by atoms with Crippen LogP contribution in [0, 0.1) is 0 Å². The smallest absolute Gasteiger partial charge is 0.0409 e. The number of hydrogen-bond acceptors (Lipinski definition) is 2. The van der Waals surface area contributed by atoms with Crippen LogP contribution >= 0.6 is 11.8 Å². The van der Waals surface area contributed by atoms with Gasteiger partial charge in [0.15, 0.2) is 0 Å². The van der Waals surface area contributed by atoms with E-state index in [0.717, 1.165) is 11.0 Å². The van der Waals surface area contributed by atoms with Crippen molar-refractivity contribution in [2.75, 3.05) is 12.8 Å². The van der Waals surface area contributed by atoms with Crippen molar-refractivity contribution in [2.45, 2.75) is 57.7 Å². The van der Waals surface area contributed by atoms with Crippen molar-refractivity contribution < 1.29 is 0 Å². The van der Waals surface area contributed by atoms with Crippen LogP contribution < -0.4 is 5.32 Å². The normalized spacial score (nSPS) is 15.3. The van der Waals surface area contributed by atoms with Crippen molar-refractivity contribution in [3.05, 3.63) is 35.4 Å². The quantitative estimate of drug-likeness (QED) is 0.804. The van der Waals surface area contributed by atoms with Gasteiger partial charge in [0, 0.05) is 17.0 Å². The summed E-state index contributed by atoms with van der Waals surface area (Å²) in [5.41, 5.74) is 3.03. The molecule has 0 radical (unpaired) electrons. The highest BCUT2D eigenvalue weighted by atomic mass is 32.2. The van der Waals surface area contributed by atoms with Gasteiger partial charge in [-0.1, -0.05) is 58.9 Å². The number of rotatable bonds is 6. The van der Waals surface area contributed by atoms with E-state index in [1.165, 1.54) is 17.5 Å². The molecule has 2 atom stereocenters. The Bertz CT molecular complexity index is 364. The van der Waals surface area contributed by atoms with Gasteiger partial charge >= 0.3 is 0 Å². The van der Waals surface area contributed by atoms with Gasteiger partial charge in [-0.05, 0) is 30.0 Å². The van der Waals surface area contributed by atoms with Gasteiger partial charge in [-0.15, -0.1) is 0 Å². The molecule has 0 saturated heterocycles. The molecule has 0 aliphatic rings. The zero-order chi connectivity index (χ0) is 14.5. The molecular formula is C17H29NS. The van der Waals surface area contributed by atoms with Crippen LogP contribution in [-0.2, 0) is 5.41 Å². The Labute approximate surface area is 123 Å². The topological polar surface area (TPSA) is 12.0 Å². The summed E-state index contributed by atoms with van der Waals surface area (Å²) in [6.45, 7) is 11.3. The van der Waals surface area contributed by atoms with E-state index in [2.05, 4.69) is 83.0 Å². The minimum Gasteiger partial charge on any atom is -0.312 e. The second kappa shape index (κ2) is 7.35. The van der Waals surface area contributed by atoms with Crippen LogP contribution in [0.5, 0.6) is 0 Å². The molecule has 0 aliphatic carbocycles. The molecule has 0 fully saturated rings. The summed E-state index contributed by atoms with van der Waals surface area (Å²) < 4.78 is 0. The van der Waals surface area contributed by atoms with Crippen molar-refractivity contribution in [3.63, 3.8) is 0 Å². The van der Waals surface area contributed by atoms with Gasteiger partial charge in [-0.3, -0.25) is 0 Å². The van der Waals surface area contributed by atoms with Gasteiger partial charge < -0.3 is 5.32 Å². The second-order valence-corrected chi connectivity index (χ2v) is 7.74. The Hall–Kier alpha value is -0.470. The lowest BCUT2D eigenvalue weighted by Gasteiger charge is -2.22. The summed E-state index contributed by atoms with van der Waals surface area (Å²) in [5, 5.41) is 4.18. The highest BCUT2D eigenvalue weighted by Gasteiger charge is 2.15. The van der Waals surface area contributed by atoms with E-state index in [0.29, 0.717) is 6.04 Å². The molecule has 0 amide bonds. The number of nitrogens with one attached hydrogen (secondary N) is 1. The maximum absolute atomic E-state index is 3.44. The summed E-state index contributed by atoms with van der Waals surface area (Å²) in [6.07, 6.45) is 1.24. The molecule has 108 valence electrons. The van der Waals surface area contributed by atoms with E-state index >= 15 is 0 Å². The first-order valence-corrected chi connectivity index (χ1v) is 8.32. The lowest BCUT2D eigenvalue weighted by atomic mass is 9.86. The monoisotopic (exact) mass is 279 g/mol. The molecule has 1 aromatic rings. The highest BCUT2D eigenvalue weighted by molar-refractivity contribution is 7.99. The van der Waals surface area contributed by atoms with Crippen LogP contribution in [0.15, 0.2) is 24.3 Å². The molecule has 2 unspecified atom stereocenters. The average molecular weight is 279 g/mol. The third-order valence-corrected chi connectivity index (χ3v) is 5.08. The zero-order valence-corrected chi connectivity index (χ0v) is 14.1. The summed E-state index contributed by atoms with van der Waals surface area (Å²) in [7, 11) is 2.06. The fourth-order valence-electron chi connectivity index (χ4n) is 1.94. The van der Waals surface area contributed by atoms with Crippen molar-refractivity contribution in [3.8, 4) is 0 Å². The number of benzene rings is 1. The number of thioether (sulfide) groups is 1. The summed E-state index contributed by atoms with van der Waals surface area (Å²) >= 11 is 2.05. The molecule has 0 saturated carbocycles. The minimum absolute atomic E-state index is 0.235. The predicted octanol–water partition coefficient (Wildman–Crippen LogP) is 4.78. The standard InChI is InChI=1S/C17H29NS/c1-7-13(2)19-12-16(18-6)14-8-10-15(11-9-14)17(3,4)5/h8-11,13,16,18H,7,12H2,1-6H3. The molecule has 0 bridgehead atoms.